The highest BCUT2D eigenvalue weighted by Gasteiger charge is 2.48. The highest BCUT2D eigenvalue weighted by molar-refractivity contribution is 5.93. The number of amides is 2. The predicted octanol–water partition coefficient (Wildman–Crippen LogP) is 2.11. The van der Waals surface area contributed by atoms with Gasteiger partial charge in [-0.15, -0.1) is 0 Å². The van der Waals surface area contributed by atoms with Crippen LogP contribution in [0.25, 0.3) is 0 Å². The zero-order valence-corrected chi connectivity index (χ0v) is 14.4. The second-order valence-corrected chi connectivity index (χ2v) is 7.18. The van der Waals surface area contributed by atoms with Gasteiger partial charge in [0.1, 0.15) is 0 Å². The van der Waals surface area contributed by atoms with E-state index in [1.807, 2.05) is 29.2 Å². The number of rotatable bonds is 3. The zero-order chi connectivity index (χ0) is 18.1. The third-order valence-corrected chi connectivity index (χ3v) is 5.65. The summed E-state index contributed by atoms with van der Waals surface area (Å²) in [4.78, 5) is 31.1. The number of benzene rings is 1. The molecule has 0 bridgehead atoms. The van der Waals surface area contributed by atoms with E-state index in [1.165, 1.54) is 5.56 Å². The molecule has 0 unspecified atom stereocenters. The van der Waals surface area contributed by atoms with Gasteiger partial charge in [0, 0.05) is 18.3 Å². The van der Waals surface area contributed by atoms with Crippen LogP contribution in [0, 0.1) is 5.41 Å². The summed E-state index contributed by atoms with van der Waals surface area (Å²) in [5.41, 5.74) is 4.82. The SMILES string of the molecule is O=C(NO)c1ccc2c(c1)C[C@@]1(CC2)CCN(Cc2ccccn2)C1=O. The molecule has 2 amide bonds. The van der Waals surface area contributed by atoms with Crippen LogP contribution in [0.15, 0.2) is 42.6 Å². The van der Waals surface area contributed by atoms with Crippen LogP contribution in [0.3, 0.4) is 0 Å². The molecule has 2 aliphatic rings. The van der Waals surface area contributed by atoms with Crippen molar-refractivity contribution in [3.8, 4) is 0 Å². The summed E-state index contributed by atoms with van der Waals surface area (Å²) >= 11 is 0. The van der Waals surface area contributed by atoms with Gasteiger partial charge < -0.3 is 4.90 Å². The van der Waals surface area contributed by atoms with Crippen molar-refractivity contribution in [3.63, 3.8) is 0 Å². The number of carbonyl (C=O) groups is 2. The van der Waals surface area contributed by atoms with Gasteiger partial charge in [0.15, 0.2) is 0 Å². The molecule has 26 heavy (non-hydrogen) atoms. The Hall–Kier alpha value is -2.73. The van der Waals surface area contributed by atoms with Gasteiger partial charge in [0.05, 0.1) is 17.7 Å². The molecule has 6 nitrogen and oxygen atoms in total. The van der Waals surface area contributed by atoms with Crippen LogP contribution >= 0.6 is 0 Å². The second kappa shape index (κ2) is 6.53. The minimum atomic E-state index is -0.526. The molecule has 0 saturated carbocycles. The summed E-state index contributed by atoms with van der Waals surface area (Å²) in [7, 11) is 0. The molecule has 134 valence electrons. The summed E-state index contributed by atoms with van der Waals surface area (Å²) in [6.45, 7) is 1.28. The first kappa shape index (κ1) is 16.7. The summed E-state index contributed by atoms with van der Waals surface area (Å²) in [6, 6.07) is 11.2. The van der Waals surface area contributed by atoms with Gasteiger partial charge in [0.25, 0.3) is 5.91 Å². The molecule has 1 aliphatic heterocycles. The van der Waals surface area contributed by atoms with Crippen LogP contribution in [-0.2, 0) is 24.2 Å². The number of carbonyl (C=O) groups excluding carboxylic acids is 2. The Morgan fingerprint density at radius 1 is 1.23 bits per heavy atom. The highest BCUT2D eigenvalue weighted by Crippen LogP contribution is 2.44. The van der Waals surface area contributed by atoms with Crippen LogP contribution in [0.2, 0.25) is 0 Å². The molecule has 2 N–H and O–H groups in total. The predicted molar refractivity (Wildman–Crippen MR) is 94.4 cm³/mol. The van der Waals surface area contributed by atoms with E-state index in [-0.39, 0.29) is 11.3 Å². The van der Waals surface area contributed by atoms with Gasteiger partial charge in [-0.2, -0.15) is 0 Å². The monoisotopic (exact) mass is 351 g/mol. The first-order valence-corrected chi connectivity index (χ1v) is 8.87. The number of aromatic nitrogens is 1. The van der Waals surface area contributed by atoms with E-state index in [1.54, 1.807) is 23.8 Å². The van der Waals surface area contributed by atoms with Crippen molar-refractivity contribution in [2.75, 3.05) is 6.54 Å². The average molecular weight is 351 g/mol. The average Bonchev–Trinajstić information content (AvgIpc) is 2.97. The van der Waals surface area contributed by atoms with Crippen molar-refractivity contribution in [3.05, 3.63) is 65.0 Å². The van der Waals surface area contributed by atoms with E-state index in [2.05, 4.69) is 4.98 Å². The molecule has 1 aliphatic carbocycles. The maximum absolute atomic E-state index is 13.2. The maximum Gasteiger partial charge on any atom is 0.274 e. The van der Waals surface area contributed by atoms with E-state index in [9.17, 15) is 9.59 Å². The number of pyridine rings is 1. The summed E-state index contributed by atoms with van der Waals surface area (Å²) in [5, 5.41) is 8.85. The van der Waals surface area contributed by atoms with Crippen LogP contribution in [0.5, 0.6) is 0 Å². The van der Waals surface area contributed by atoms with E-state index in [0.29, 0.717) is 18.5 Å². The van der Waals surface area contributed by atoms with E-state index in [0.717, 1.165) is 37.1 Å². The van der Waals surface area contributed by atoms with Crippen LogP contribution in [-0.4, -0.2) is 33.5 Å². The third kappa shape index (κ3) is 2.86. The van der Waals surface area contributed by atoms with Crippen molar-refractivity contribution in [1.29, 1.82) is 0 Å². The second-order valence-electron chi connectivity index (χ2n) is 7.18. The van der Waals surface area contributed by atoms with Crippen molar-refractivity contribution >= 4 is 11.8 Å². The molecule has 1 aromatic heterocycles. The van der Waals surface area contributed by atoms with Gasteiger partial charge in [-0.1, -0.05) is 12.1 Å². The lowest BCUT2D eigenvalue weighted by Crippen LogP contribution is -2.38. The molecule has 2 heterocycles. The van der Waals surface area contributed by atoms with Crippen LogP contribution < -0.4 is 5.48 Å². The number of hydrogen-bond donors (Lipinski definition) is 2. The van der Waals surface area contributed by atoms with Crippen LogP contribution in [0.4, 0.5) is 0 Å². The Bertz CT molecular complexity index is 853. The van der Waals surface area contributed by atoms with Gasteiger partial charge in [0.2, 0.25) is 5.91 Å². The van der Waals surface area contributed by atoms with Crippen molar-refractivity contribution < 1.29 is 14.8 Å². The Morgan fingerprint density at radius 3 is 2.88 bits per heavy atom. The standard InChI is InChI=1S/C20H21N3O3/c24-18(22-26)15-5-4-14-6-7-20(12-16(14)11-15)8-10-23(19(20)25)13-17-3-1-2-9-21-17/h1-5,9,11,26H,6-8,10,12-13H2,(H,22,24)/t20-/m1/s1. The molecule has 1 spiro atoms. The molecule has 6 heteroatoms. The summed E-state index contributed by atoms with van der Waals surface area (Å²) in [6.07, 6.45) is 4.89. The molecular weight excluding hydrogens is 330 g/mol. The molecule has 1 aromatic carbocycles. The van der Waals surface area contributed by atoms with E-state index >= 15 is 0 Å². The molecule has 1 atom stereocenters. The Labute approximate surface area is 151 Å². The Kier molecular flexibility index (Phi) is 4.20. The molecule has 2 aromatic rings. The number of likely N-dealkylation sites (tertiary alicyclic amines) is 1. The van der Waals surface area contributed by atoms with Crippen LogP contribution in [0.1, 0.15) is 40.0 Å². The minimum Gasteiger partial charge on any atom is -0.336 e. The Balaban J connectivity index is 1.55. The molecule has 4 rings (SSSR count). The largest absolute Gasteiger partial charge is 0.336 e. The van der Waals surface area contributed by atoms with Gasteiger partial charge >= 0.3 is 0 Å². The molecule has 1 saturated heterocycles. The smallest absolute Gasteiger partial charge is 0.274 e. The van der Waals surface area contributed by atoms with Crippen molar-refractivity contribution in [1.82, 2.24) is 15.4 Å². The summed E-state index contributed by atoms with van der Waals surface area (Å²) in [5.74, 6) is -0.340. The molecular formula is C20H21N3O3. The van der Waals surface area contributed by atoms with Crippen molar-refractivity contribution in [2.24, 2.45) is 5.41 Å². The van der Waals surface area contributed by atoms with Gasteiger partial charge in [-0.25, -0.2) is 5.48 Å². The van der Waals surface area contributed by atoms with E-state index < -0.39 is 5.91 Å². The quantitative estimate of drug-likeness (QED) is 0.655. The molecule has 1 fully saturated rings. The number of nitrogens with one attached hydrogen (secondary N) is 1. The molecule has 0 radical (unpaired) electrons. The fourth-order valence-corrected chi connectivity index (χ4v) is 4.19. The maximum atomic E-state index is 13.2. The summed E-state index contributed by atoms with van der Waals surface area (Å²) < 4.78 is 0. The lowest BCUT2D eigenvalue weighted by molar-refractivity contribution is -0.137. The first-order chi connectivity index (χ1) is 12.6. The number of hydrogen-bond acceptors (Lipinski definition) is 4. The normalized spacial score (nSPS) is 21.7. The third-order valence-electron chi connectivity index (χ3n) is 5.65. The number of fused-ring (bicyclic) bond motifs is 1. The van der Waals surface area contributed by atoms with E-state index in [4.69, 9.17) is 5.21 Å². The van der Waals surface area contributed by atoms with Gasteiger partial charge in [-0.3, -0.25) is 19.8 Å². The number of nitrogens with zero attached hydrogens (tertiary/aromatic N) is 2. The minimum absolute atomic E-state index is 0.186. The lowest BCUT2D eigenvalue weighted by Gasteiger charge is -2.33. The zero-order valence-electron chi connectivity index (χ0n) is 14.4. The fraction of sp³-hybridized carbons (Fsp3) is 0.350. The highest BCUT2D eigenvalue weighted by atomic mass is 16.5. The lowest BCUT2D eigenvalue weighted by atomic mass is 9.70. The first-order valence-electron chi connectivity index (χ1n) is 8.87. The Morgan fingerprint density at radius 2 is 2.12 bits per heavy atom. The van der Waals surface area contributed by atoms with Gasteiger partial charge in [-0.05, 0) is 61.1 Å². The topological polar surface area (TPSA) is 82.5 Å². The van der Waals surface area contributed by atoms with Crippen molar-refractivity contribution in [2.45, 2.75) is 32.2 Å². The number of hydroxylamine groups is 1. The fourth-order valence-electron chi connectivity index (χ4n) is 4.19. The number of aryl methyl sites for hydroxylation is 1.